The number of hydrogen-bond donors (Lipinski definition) is 1. The Balaban J connectivity index is 1.82. The van der Waals surface area contributed by atoms with Gasteiger partial charge < -0.3 is 14.8 Å². The van der Waals surface area contributed by atoms with E-state index in [4.69, 9.17) is 9.47 Å². The molecular formula is C19H21NO4. The highest BCUT2D eigenvalue weighted by Crippen LogP contribution is 2.29. The number of carbonyl (C=O) groups excluding carboxylic acids is 2. The maximum absolute atomic E-state index is 12.0. The zero-order chi connectivity index (χ0) is 17.4. The first kappa shape index (κ1) is 17.5. The normalized spacial score (nSPS) is 10.1. The summed E-state index contributed by atoms with van der Waals surface area (Å²) in [6.07, 6.45) is 1.14. The average Bonchev–Trinajstić information content (AvgIpc) is 2.62. The largest absolute Gasteiger partial charge is 0.493 e. The fourth-order valence-electron chi connectivity index (χ4n) is 2.32. The number of Topliss-reactive ketones (excluding diaryl/α,β-unsaturated/α-hetero) is 1. The van der Waals surface area contributed by atoms with Gasteiger partial charge in [0.2, 0.25) is 5.91 Å². The average molecular weight is 327 g/mol. The van der Waals surface area contributed by atoms with Crippen LogP contribution in [0.3, 0.4) is 0 Å². The minimum atomic E-state index is -0.136. The lowest BCUT2D eigenvalue weighted by molar-refractivity contribution is -0.116. The van der Waals surface area contributed by atoms with Gasteiger partial charge in [0.25, 0.3) is 0 Å². The lowest BCUT2D eigenvalue weighted by atomic mass is 10.1. The topological polar surface area (TPSA) is 64.6 Å². The Morgan fingerprint density at radius 1 is 0.917 bits per heavy atom. The first-order chi connectivity index (χ1) is 11.6. The highest BCUT2D eigenvalue weighted by molar-refractivity contribution is 5.96. The first-order valence-electron chi connectivity index (χ1n) is 7.74. The number of ether oxygens (including phenoxy) is 2. The van der Waals surface area contributed by atoms with E-state index in [1.807, 2.05) is 18.2 Å². The number of nitrogens with one attached hydrogen (secondary N) is 1. The highest BCUT2D eigenvalue weighted by atomic mass is 16.5. The Hall–Kier alpha value is -2.82. The van der Waals surface area contributed by atoms with E-state index in [9.17, 15) is 9.59 Å². The van der Waals surface area contributed by atoms with Crippen molar-refractivity contribution in [2.24, 2.45) is 0 Å². The number of ketones is 1. The third kappa shape index (κ3) is 4.84. The second kappa shape index (κ2) is 8.72. The number of hydrogen-bond acceptors (Lipinski definition) is 4. The molecule has 0 aromatic heterocycles. The van der Waals surface area contributed by atoms with Crippen molar-refractivity contribution in [2.45, 2.75) is 19.3 Å². The van der Waals surface area contributed by atoms with Gasteiger partial charge in [-0.3, -0.25) is 9.59 Å². The van der Waals surface area contributed by atoms with Gasteiger partial charge in [0.05, 0.1) is 14.2 Å². The van der Waals surface area contributed by atoms with Crippen LogP contribution in [0.1, 0.15) is 29.6 Å². The van der Waals surface area contributed by atoms with E-state index in [0.29, 0.717) is 35.6 Å². The van der Waals surface area contributed by atoms with Crippen LogP contribution in [0.4, 0.5) is 5.69 Å². The molecule has 0 aliphatic carbocycles. The van der Waals surface area contributed by atoms with Crippen LogP contribution in [0.25, 0.3) is 0 Å². The first-order valence-corrected chi connectivity index (χ1v) is 7.74. The molecule has 0 atom stereocenters. The fraction of sp³-hybridized carbons (Fsp3) is 0.263. The third-order valence-corrected chi connectivity index (χ3v) is 3.57. The summed E-state index contributed by atoms with van der Waals surface area (Å²) >= 11 is 0. The molecule has 0 bridgehead atoms. The molecule has 1 amide bonds. The Morgan fingerprint density at radius 3 is 2.29 bits per heavy atom. The zero-order valence-electron chi connectivity index (χ0n) is 13.9. The number of methoxy groups -OCH3 is 2. The predicted octanol–water partition coefficient (Wildman–Crippen LogP) is 3.70. The van der Waals surface area contributed by atoms with Crippen molar-refractivity contribution in [3.63, 3.8) is 0 Å². The van der Waals surface area contributed by atoms with Crippen molar-refractivity contribution in [2.75, 3.05) is 19.5 Å². The molecule has 0 fully saturated rings. The molecular weight excluding hydrogens is 306 g/mol. The van der Waals surface area contributed by atoms with Crippen LogP contribution in [-0.4, -0.2) is 25.9 Å². The molecule has 2 aromatic carbocycles. The van der Waals surface area contributed by atoms with Crippen molar-refractivity contribution in [3.8, 4) is 11.5 Å². The Kier molecular flexibility index (Phi) is 6.37. The predicted molar refractivity (Wildman–Crippen MR) is 92.8 cm³/mol. The number of rotatable bonds is 8. The maximum atomic E-state index is 12.0. The Bertz CT molecular complexity index is 698. The van der Waals surface area contributed by atoms with E-state index in [0.717, 1.165) is 0 Å². The zero-order valence-corrected chi connectivity index (χ0v) is 13.9. The van der Waals surface area contributed by atoms with Crippen molar-refractivity contribution in [1.82, 2.24) is 0 Å². The molecule has 5 heteroatoms. The number of benzene rings is 2. The van der Waals surface area contributed by atoms with E-state index in [-0.39, 0.29) is 18.1 Å². The van der Waals surface area contributed by atoms with E-state index < -0.39 is 0 Å². The summed E-state index contributed by atoms with van der Waals surface area (Å²) in [5.41, 5.74) is 1.31. The van der Waals surface area contributed by atoms with Crippen molar-refractivity contribution in [3.05, 3.63) is 54.1 Å². The Labute approximate surface area is 141 Å². The summed E-state index contributed by atoms with van der Waals surface area (Å²) in [7, 11) is 3.10. The summed E-state index contributed by atoms with van der Waals surface area (Å²) in [6, 6.07) is 14.3. The van der Waals surface area contributed by atoms with E-state index in [1.54, 1.807) is 44.6 Å². The van der Waals surface area contributed by atoms with Crippen LogP contribution in [0, 0.1) is 0 Å². The van der Waals surface area contributed by atoms with Crippen molar-refractivity contribution < 1.29 is 19.1 Å². The number of anilines is 1. The molecule has 24 heavy (non-hydrogen) atoms. The van der Waals surface area contributed by atoms with Crippen LogP contribution in [0.2, 0.25) is 0 Å². The van der Waals surface area contributed by atoms with Crippen molar-refractivity contribution in [1.29, 1.82) is 0 Å². The third-order valence-electron chi connectivity index (χ3n) is 3.57. The highest BCUT2D eigenvalue weighted by Gasteiger charge is 2.09. The van der Waals surface area contributed by atoms with Gasteiger partial charge in [0.15, 0.2) is 17.3 Å². The molecule has 0 aliphatic rings. The van der Waals surface area contributed by atoms with Crippen LogP contribution in [0.5, 0.6) is 11.5 Å². The number of amides is 1. The van der Waals surface area contributed by atoms with E-state index in [2.05, 4.69) is 5.32 Å². The van der Waals surface area contributed by atoms with Crippen LogP contribution in [-0.2, 0) is 4.79 Å². The molecule has 0 aliphatic heterocycles. The molecule has 0 heterocycles. The standard InChI is InChI=1S/C19H21NO4/c1-23-17-12-11-15(13-18(17)24-2)20-19(22)10-6-9-16(21)14-7-4-3-5-8-14/h3-5,7-8,11-13H,6,9-10H2,1-2H3,(H,20,22). The summed E-state index contributed by atoms with van der Waals surface area (Å²) < 4.78 is 10.4. The minimum Gasteiger partial charge on any atom is -0.493 e. The van der Waals surface area contributed by atoms with E-state index >= 15 is 0 Å². The molecule has 1 N–H and O–H groups in total. The van der Waals surface area contributed by atoms with Gasteiger partial charge in [0.1, 0.15) is 0 Å². The molecule has 126 valence electrons. The lowest BCUT2D eigenvalue weighted by Gasteiger charge is -2.10. The smallest absolute Gasteiger partial charge is 0.224 e. The summed E-state index contributed by atoms with van der Waals surface area (Å²) in [5.74, 6) is 1.07. The monoisotopic (exact) mass is 327 g/mol. The van der Waals surface area contributed by atoms with Crippen LogP contribution < -0.4 is 14.8 Å². The second-order valence-electron chi connectivity index (χ2n) is 5.26. The molecule has 0 saturated heterocycles. The molecule has 5 nitrogen and oxygen atoms in total. The van der Waals surface area contributed by atoms with Gasteiger partial charge in [-0.25, -0.2) is 0 Å². The van der Waals surface area contributed by atoms with Gasteiger partial charge >= 0.3 is 0 Å². The van der Waals surface area contributed by atoms with Gasteiger partial charge in [-0.15, -0.1) is 0 Å². The van der Waals surface area contributed by atoms with Gasteiger partial charge in [-0.1, -0.05) is 30.3 Å². The molecule has 0 unspecified atom stereocenters. The van der Waals surface area contributed by atoms with Gasteiger partial charge in [0, 0.05) is 30.2 Å². The second-order valence-corrected chi connectivity index (χ2v) is 5.26. The minimum absolute atomic E-state index is 0.0505. The SMILES string of the molecule is COc1ccc(NC(=O)CCCC(=O)c2ccccc2)cc1OC. The van der Waals surface area contributed by atoms with E-state index in [1.165, 1.54) is 0 Å². The van der Waals surface area contributed by atoms with Crippen LogP contribution in [0.15, 0.2) is 48.5 Å². The van der Waals surface area contributed by atoms with Crippen LogP contribution >= 0.6 is 0 Å². The quantitative estimate of drug-likeness (QED) is 0.751. The molecule has 0 saturated carbocycles. The fourth-order valence-corrected chi connectivity index (χ4v) is 2.32. The molecule has 0 spiro atoms. The molecule has 2 rings (SSSR count). The summed E-state index contributed by atoms with van der Waals surface area (Å²) in [6.45, 7) is 0. The number of carbonyl (C=O) groups is 2. The van der Waals surface area contributed by atoms with Crippen molar-refractivity contribution >= 4 is 17.4 Å². The maximum Gasteiger partial charge on any atom is 0.224 e. The molecule has 0 radical (unpaired) electrons. The Morgan fingerprint density at radius 2 is 1.62 bits per heavy atom. The summed E-state index contributed by atoms with van der Waals surface area (Å²) in [4.78, 5) is 24.0. The van der Waals surface area contributed by atoms with Gasteiger partial charge in [-0.05, 0) is 18.6 Å². The van der Waals surface area contributed by atoms with Gasteiger partial charge in [-0.2, -0.15) is 0 Å². The molecule has 2 aromatic rings. The summed E-state index contributed by atoms with van der Waals surface area (Å²) in [5, 5.41) is 2.80. The lowest BCUT2D eigenvalue weighted by Crippen LogP contribution is -2.12.